The smallest absolute Gasteiger partial charge is 0.264 e. The minimum Gasteiger partial charge on any atom is -0.379 e. The van der Waals surface area contributed by atoms with Crippen LogP contribution in [-0.2, 0) is 21.2 Å². The maximum absolute atomic E-state index is 14.0. The van der Waals surface area contributed by atoms with Crippen molar-refractivity contribution in [2.24, 2.45) is 0 Å². The summed E-state index contributed by atoms with van der Waals surface area (Å²) in [6, 6.07) is 18.2. The second-order valence-electron chi connectivity index (χ2n) is 11.0. The molecule has 42 heavy (non-hydrogen) atoms. The number of para-hydroxylation sites is 1. The lowest BCUT2D eigenvalue weighted by Gasteiger charge is -2.30. The Morgan fingerprint density at radius 1 is 1.02 bits per heavy atom. The molecule has 220 valence electrons. The summed E-state index contributed by atoms with van der Waals surface area (Å²) in [4.78, 5) is 23.2. The van der Waals surface area contributed by atoms with Crippen LogP contribution in [0.1, 0.15) is 39.9 Å². The summed E-state index contributed by atoms with van der Waals surface area (Å²) in [7, 11) is -3.76. The van der Waals surface area contributed by atoms with Crippen LogP contribution >= 0.6 is 11.3 Å². The van der Waals surface area contributed by atoms with Gasteiger partial charge >= 0.3 is 0 Å². The Bertz CT molecular complexity index is 1700. The van der Waals surface area contributed by atoms with E-state index in [9.17, 15) is 13.2 Å². The van der Waals surface area contributed by atoms with Crippen LogP contribution in [0, 0.1) is 13.8 Å². The monoisotopic (exact) mass is 604 g/mol. The summed E-state index contributed by atoms with van der Waals surface area (Å²) in [5, 5.41) is 0.660. The van der Waals surface area contributed by atoms with Crippen LogP contribution in [0.4, 0.5) is 10.8 Å². The molecule has 1 aromatic heterocycles. The van der Waals surface area contributed by atoms with Crippen molar-refractivity contribution in [2.45, 2.75) is 38.0 Å². The van der Waals surface area contributed by atoms with E-state index in [1.165, 1.54) is 15.6 Å². The van der Waals surface area contributed by atoms with Gasteiger partial charge in [-0.3, -0.25) is 18.9 Å². The maximum atomic E-state index is 14.0. The first kappa shape index (κ1) is 28.8. The van der Waals surface area contributed by atoms with Crippen LogP contribution in [-0.4, -0.2) is 70.1 Å². The molecule has 0 spiro atoms. The minimum atomic E-state index is -3.76. The van der Waals surface area contributed by atoms with E-state index >= 15 is 0 Å². The molecule has 10 heteroatoms. The molecule has 4 aromatic rings. The second-order valence-corrected chi connectivity index (χ2v) is 13.9. The topological polar surface area (TPSA) is 83.0 Å². The van der Waals surface area contributed by atoms with E-state index in [0.717, 1.165) is 84.7 Å². The number of aryl methyl sites for hydroxylation is 3. The van der Waals surface area contributed by atoms with Gasteiger partial charge in [0.2, 0.25) is 0 Å². The van der Waals surface area contributed by atoms with Crippen LogP contribution in [0.3, 0.4) is 0 Å². The first-order valence-corrected chi connectivity index (χ1v) is 16.8. The van der Waals surface area contributed by atoms with Crippen molar-refractivity contribution in [2.75, 3.05) is 55.1 Å². The number of benzene rings is 3. The van der Waals surface area contributed by atoms with Gasteiger partial charge in [0, 0.05) is 38.3 Å². The summed E-state index contributed by atoms with van der Waals surface area (Å²) in [5.74, 6) is -0.183. The molecule has 2 aliphatic heterocycles. The summed E-state index contributed by atoms with van der Waals surface area (Å²) < 4.78 is 35.3. The molecule has 6 rings (SSSR count). The molecule has 8 nitrogen and oxygen atoms in total. The van der Waals surface area contributed by atoms with Gasteiger partial charge in [0.15, 0.2) is 5.13 Å². The number of sulfonamides is 1. The molecule has 1 fully saturated rings. The normalized spacial score (nSPS) is 16.0. The predicted molar refractivity (Wildman–Crippen MR) is 168 cm³/mol. The molecule has 1 amide bonds. The fourth-order valence-corrected chi connectivity index (χ4v) is 8.54. The van der Waals surface area contributed by atoms with E-state index in [2.05, 4.69) is 24.0 Å². The van der Waals surface area contributed by atoms with Gasteiger partial charge in [0.05, 0.1) is 34.0 Å². The predicted octanol–water partition coefficient (Wildman–Crippen LogP) is 5.42. The van der Waals surface area contributed by atoms with Gasteiger partial charge in [-0.05, 0) is 86.2 Å². The Labute approximate surface area is 251 Å². The van der Waals surface area contributed by atoms with Crippen LogP contribution in [0.25, 0.3) is 10.2 Å². The quantitative estimate of drug-likeness (QED) is 0.267. The molecule has 3 aromatic carbocycles. The summed E-state index contributed by atoms with van der Waals surface area (Å²) in [5.41, 5.74) is 5.36. The lowest BCUT2D eigenvalue weighted by Crippen LogP contribution is -2.39. The van der Waals surface area contributed by atoms with Gasteiger partial charge in [-0.25, -0.2) is 13.4 Å². The van der Waals surface area contributed by atoms with Gasteiger partial charge in [0.1, 0.15) is 0 Å². The van der Waals surface area contributed by atoms with E-state index < -0.39 is 10.0 Å². The van der Waals surface area contributed by atoms with Crippen molar-refractivity contribution in [3.8, 4) is 0 Å². The van der Waals surface area contributed by atoms with Crippen LogP contribution < -0.4 is 9.21 Å². The Hall–Kier alpha value is -3.31. The fraction of sp³-hybridized carbons (Fsp3) is 0.375. The van der Waals surface area contributed by atoms with E-state index in [1.54, 1.807) is 29.2 Å². The molecule has 3 heterocycles. The zero-order valence-electron chi connectivity index (χ0n) is 24.1. The van der Waals surface area contributed by atoms with Gasteiger partial charge in [-0.1, -0.05) is 35.6 Å². The molecule has 0 aliphatic carbocycles. The molecular weight excluding hydrogens is 569 g/mol. The van der Waals surface area contributed by atoms with E-state index in [0.29, 0.717) is 23.8 Å². The molecule has 0 unspecified atom stereocenters. The third-order valence-corrected chi connectivity index (χ3v) is 10.9. The number of morpholine rings is 1. The van der Waals surface area contributed by atoms with Gasteiger partial charge in [-0.2, -0.15) is 0 Å². The highest BCUT2D eigenvalue weighted by Gasteiger charge is 2.29. The third kappa shape index (κ3) is 5.81. The van der Waals surface area contributed by atoms with E-state index in [4.69, 9.17) is 9.72 Å². The molecule has 0 N–H and O–H groups in total. The molecule has 0 atom stereocenters. The lowest BCUT2D eigenvalue weighted by atomic mass is 10.0. The Balaban J connectivity index is 1.26. The number of thiazole rings is 1. The number of hydrogen-bond acceptors (Lipinski definition) is 7. The summed E-state index contributed by atoms with van der Waals surface area (Å²) >= 11 is 1.52. The minimum absolute atomic E-state index is 0.181. The van der Waals surface area contributed by atoms with Crippen molar-refractivity contribution in [1.82, 2.24) is 9.88 Å². The highest BCUT2D eigenvalue weighted by molar-refractivity contribution is 7.92. The SMILES string of the molecule is Cc1cc(C)c2nc(N(CCCN3CCOCC3)C(=O)c3ccc(S(=O)(=O)N4CCCc5ccccc54)cc3)sc2c1. The van der Waals surface area contributed by atoms with Crippen molar-refractivity contribution in [1.29, 1.82) is 0 Å². The maximum Gasteiger partial charge on any atom is 0.264 e. The molecular formula is C32H36N4O4S2. The Morgan fingerprint density at radius 3 is 2.57 bits per heavy atom. The number of ether oxygens (including phenoxy) is 1. The molecule has 0 bridgehead atoms. The number of fused-ring (bicyclic) bond motifs is 2. The van der Waals surface area contributed by atoms with Crippen molar-refractivity contribution in [3.05, 3.63) is 82.9 Å². The second kappa shape index (κ2) is 12.1. The first-order chi connectivity index (χ1) is 20.3. The van der Waals surface area contributed by atoms with Gasteiger partial charge in [-0.15, -0.1) is 0 Å². The number of amides is 1. The van der Waals surface area contributed by atoms with Crippen molar-refractivity contribution in [3.63, 3.8) is 0 Å². The lowest BCUT2D eigenvalue weighted by molar-refractivity contribution is 0.0376. The zero-order chi connectivity index (χ0) is 29.3. The number of carbonyl (C=O) groups is 1. The van der Waals surface area contributed by atoms with Crippen LogP contribution in [0.2, 0.25) is 0 Å². The standard InChI is InChI=1S/C32H36N4O4S2/c1-23-21-24(2)30-29(22-23)41-32(33-30)35(15-6-14-34-17-19-40-20-18-34)31(37)26-10-12-27(13-11-26)42(38,39)36-16-5-8-25-7-3-4-9-28(25)36/h3-4,7,9-13,21-22H,5-6,8,14-20H2,1-2H3. The average molecular weight is 605 g/mol. The third-order valence-electron chi connectivity index (χ3n) is 8.01. The van der Waals surface area contributed by atoms with E-state index in [1.807, 2.05) is 31.2 Å². The number of rotatable bonds is 8. The summed E-state index contributed by atoms with van der Waals surface area (Å²) in [6.45, 7) is 9.18. The first-order valence-electron chi connectivity index (χ1n) is 14.5. The molecule has 0 radical (unpaired) electrons. The Kier molecular flexibility index (Phi) is 8.31. The van der Waals surface area contributed by atoms with E-state index in [-0.39, 0.29) is 10.8 Å². The van der Waals surface area contributed by atoms with Crippen molar-refractivity contribution >= 4 is 48.3 Å². The molecule has 0 saturated carbocycles. The van der Waals surface area contributed by atoms with Crippen molar-refractivity contribution < 1.29 is 17.9 Å². The highest BCUT2D eigenvalue weighted by atomic mass is 32.2. The fourth-order valence-electron chi connectivity index (χ4n) is 5.84. The molecule has 2 aliphatic rings. The number of nitrogens with zero attached hydrogens (tertiary/aromatic N) is 4. The number of hydrogen-bond donors (Lipinski definition) is 0. The largest absolute Gasteiger partial charge is 0.379 e. The average Bonchev–Trinajstić information content (AvgIpc) is 3.43. The highest BCUT2D eigenvalue weighted by Crippen LogP contribution is 2.34. The number of carbonyl (C=O) groups excluding carboxylic acids is 1. The zero-order valence-corrected chi connectivity index (χ0v) is 25.7. The number of anilines is 2. The Morgan fingerprint density at radius 2 is 1.79 bits per heavy atom. The van der Waals surface area contributed by atoms with Crippen LogP contribution in [0.15, 0.2) is 65.6 Å². The van der Waals surface area contributed by atoms with Gasteiger partial charge < -0.3 is 4.74 Å². The summed E-state index contributed by atoms with van der Waals surface area (Å²) in [6.07, 6.45) is 2.43. The number of aromatic nitrogens is 1. The molecule has 1 saturated heterocycles. The van der Waals surface area contributed by atoms with Gasteiger partial charge in [0.25, 0.3) is 15.9 Å². The van der Waals surface area contributed by atoms with Crippen LogP contribution in [0.5, 0.6) is 0 Å².